The zero-order chi connectivity index (χ0) is 13.3. The molecule has 4 nitrogen and oxygen atoms in total. The van der Waals surface area contributed by atoms with Crippen molar-refractivity contribution in [3.63, 3.8) is 0 Å². The second-order valence-corrected chi connectivity index (χ2v) is 3.53. The number of alkyl halides is 3. The van der Waals surface area contributed by atoms with Crippen LogP contribution in [0, 0.1) is 0 Å². The molecule has 0 saturated carbocycles. The molecule has 1 heterocycles. The maximum Gasteiger partial charge on any atom is 0.416 e. The molecule has 0 bridgehead atoms. The summed E-state index contributed by atoms with van der Waals surface area (Å²) in [6, 6.07) is 4.41. The Morgan fingerprint density at radius 1 is 1.28 bits per heavy atom. The Kier molecular flexibility index (Phi) is 2.90. The van der Waals surface area contributed by atoms with Crippen LogP contribution in [0.15, 0.2) is 28.8 Å². The minimum atomic E-state index is -4.44. The van der Waals surface area contributed by atoms with E-state index in [1.807, 2.05) is 0 Å². The van der Waals surface area contributed by atoms with Crippen LogP contribution >= 0.6 is 0 Å². The summed E-state index contributed by atoms with van der Waals surface area (Å²) in [6.07, 6.45) is -4.44. The van der Waals surface area contributed by atoms with Gasteiger partial charge in [-0.05, 0) is 18.2 Å². The molecule has 18 heavy (non-hydrogen) atoms. The lowest BCUT2D eigenvalue weighted by Crippen LogP contribution is -2.05. The van der Waals surface area contributed by atoms with Gasteiger partial charge in [0, 0.05) is 6.07 Å². The molecule has 2 rings (SSSR count). The van der Waals surface area contributed by atoms with E-state index in [2.05, 4.69) is 5.16 Å². The quantitative estimate of drug-likeness (QED) is 0.899. The van der Waals surface area contributed by atoms with Gasteiger partial charge in [0.1, 0.15) is 5.75 Å². The number of nitrogens with zero attached hydrogens (tertiary/aromatic N) is 1. The zero-order valence-electron chi connectivity index (χ0n) is 9.28. The van der Waals surface area contributed by atoms with Crippen molar-refractivity contribution in [3.8, 4) is 17.1 Å². The van der Waals surface area contributed by atoms with E-state index >= 15 is 0 Å². The fourth-order valence-corrected chi connectivity index (χ4v) is 1.49. The number of nitrogen functional groups attached to an aromatic ring is 1. The van der Waals surface area contributed by atoms with Crippen molar-refractivity contribution in [3.05, 3.63) is 29.8 Å². The van der Waals surface area contributed by atoms with E-state index in [1.165, 1.54) is 19.2 Å². The highest BCUT2D eigenvalue weighted by Gasteiger charge is 2.31. The van der Waals surface area contributed by atoms with E-state index in [4.69, 9.17) is 15.0 Å². The van der Waals surface area contributed by atoms with E-state index in [9.17, 15) is 13.2 Å². The van der Waals surface area contributed by atoms with Gasteiger partial charge in [0.05, 0.1) is 18.2 Å². The molecule has 2 aromatic rings. The van der Waals surface area contributed by atoms with Crippen LogP contribution in [0.3, 0.4) is 0 Å². The summed E-state index contributed by atoms with van der Waals surface area (Å²) >= 11 is 0. The van der Waals surface area contributed by atoms with Gasteiger partial charge in [-0.15, -0.1) is 0 Å². The summed E-state index contributed by atoms with van der Waals surface area (Å²) in [5.74, 6) is 0.457. The van der Waals surface area contributed by atoms with Crippen LogP contribution in [0.5, 0.6) is 5.75 Å². The molecule has 0 unspecified atom stereocenters. The molecular weight excluding hydrogens is 249 g/mol. The summed E-state index contributed by atoms with van der Waals surface area (Å²) in [7, 11) is 1.35. The third kappa shape index (κ3) is 2.24. The van der Waals surface area contributed by atoms with E-state index in [0.29, 0.717) is 0 Å². The number of hydrogen-bond donors (Lipinski definition) is 1. The Balaban J connectivity index is 2.56. The van der Waals surface area contributed by atoms with Crippen LogP contribution in [-0.2, 0) is 6.18 Å². The van der Waals surface area contributed by atoms with Gasteiger partial charge >= 0.3 is 6.18 Å². The first-order chi connectivity index (χ1) is 8.41. The summed E-state index contributed by atoms with van der Waals surface area (Å²) in [5.41, 5.74) is 4.72. The average Bonchev–Trinajstić information content (AvgIpc) is 2.73. The number of halogens is 3. The smallest absolute Gasteiger partial charge is 0.416 e. The highest BCUT2D eigenvalue weighted by molar-refractivity contribution is 5.68. The Morgan fingerprint density at radius 3 is 2.50 bits per heavy atom. The van der Waals surface area contributed by atoms with Crippen molar-refractivity contribution in [2.45, 2.75) is 6.18 Å². The minimum absolute atomic E-state index is 0.0875. The van der Waals surface area contributed by atoms with Gasteiger partial charge in [-0.25, -0.2) is 0 Å². The molecule has 2 N–H and O–H groups in total. The molecule has 0 fully saturated rings. The van der Waals surface area contributed by atoms with Gasteiger partial charge in [-0.2, -0.15) is 13.2 Å². The summed E-state index contributed by atoms with van der Waals surface area (Å²) in [6.45, 7) is 0. The first kappa shape index (κ1) is 12.3. The van der Waals surface area contributed by atoms with Crippen LogP contribution in [0.25, 0.3) is 11.3 Å². The monoisotopic (exact) mass is 258 g/mol. The van der Waals surface area contributed by atoms with Gasteiger partial charge in [0.2, 0.25) is 0 Å². The van der Waals surface area contributed by atoms with Gasteiger partial charge in [0.15, 0.2) is 11.6 Å². The standard InChI is InChI=1S/C11H9F3N2O2/c1-17-8-3-2-6(11(12,13)14)4-7(8)9-5-10(15)16-18-9/h2-5H,1H3,(H2,15,16). The Hall–Kier alpha value is -2.18. The maximum atomic E-state index is 12.6. The van der Waals surface area contributed by atoms with Gasteiger partial charge < -0.3 is 15.0 Å². The number of anilines is 1. The molecular formula is C11H9F3N2O2. The highest BCUT2D eigenvalue weighted by atomic mass is 19.4. The molecule has 0 radical (unpaired) electrons. The average molecular weight is 258 g/mol. The Bertz CT molecular complexity index is 564. The van der Waals surface area contributed by atoms with Crippen LogP contribution in [0.4, 0.5) is 19.0 Å². The van der Waals surface area contributed by atoms with Crippen LogP contribution < -0.4 is 10.5 Å². The number of ether oxygens (including phenoxy) is 1. The SMILES string of the molecule is COc1ccc(C(F)(F)F)cc1-c1cc(N)no1. The summed E-state index contributed by atoms with van der Waals surface area (Å²) in [5, 5.41) is 3.43. The molecule has 0 aliphatic rings. The van der Waals surface area contributed by atoms with Crippen LogP contribution in [0.2, 0.25) is 0 Å². The van der Waals surface area contributed by atoms with Crippen molar-refractivity contribution in [2.75, 3.05) is 12.8 Å². The molecule has 0 saturated heterocycles. The number of benzene rings is 1. The van der Waals surface area contributed by atoms with Crippen molar-refractivity contribution >= 4 is 5.82 Å². The van der Waals surface area contributed by atoms with E-state index in [-0.39, 0.29) is 22.9 Å². The number of methoxy groups -OCH3 is 1. The van der Waals surface area contributed by atoms with E-state index in [1.54, 1.807) is 0 Å². The highest BCUT2D eigenvalue weighted by Crippen LogP contribution is 2.37. The van der Waals surface area contributed by atoms with Gasteiger partial charge in [0.25, 0.3) is 0 Å². The first-order valence-electron chi connectivity index (χ1n) is 4.89. The third-order valence-corrected chi connectivity index (χ3v) is 2.32. The molecule has 96 valence electrons. The number of hydrogen-bond acceptors (Lipinski definition) is 4. The van der Waals surface area contributed by atoms with Gasteiger partial charge in [-0.3, -0.25) is 0 Å². The number of aromatic nitrogens is 1. The molecule has 0 aliphatic carbocycles. The molecule has 0 amide bonds. The molecule has 1 aromatic carbocycles. The normalized spacial score (nSPS) is 11.6. The van der Waals surface area contributed by atoms with Crippen LogP contribution in [-0.4, -0.2) is 12.3 Å². The molecule has 7 heteroatoms. The van der Waals surface area contributed by atoms with E-state index < -0.39 is 11.7 Å². The summed E-state index contributed by atoms with van der Waals surface area (Å²) < 4.78 is 47.7. The largest absolute Gasteiger partial charge is 0.496 e. The van der Waals surface area contributed by atoms with Crippen molar-refractivity contribution < 1.29 is 22.4 Å². The fraction of sp³-hybridized carbons (Fsp3) is 0.182. The number of rotatable bonds is 2. The predicted molar refractivity (Wildman–Crippen MR) is 57.9 cm³/mol. The van der Waals surface area contributed by atoms with Crippen molar-refractivity contribution in [1.29, 1.82) is 0 Å². The Labute approximate surface area is 100 Å². The Morgan fingerprint density at radius 2 is 2.00 bits per heavy atom. The van der Waals surface area contributed by atoms with Gasteiger partial charge in [-0.1, -0.05) is 5.16 Å². The molecule has 0 atom stereocenters. The second-order valence-electron chi connectivity index (χ2n) is 3.53. The second kappa shape index (κ2) is 4.25. The molecule has 0 aliphatic heterocycles. The lowest BCUT2D eigenvalue weighted by atomic mass is 10.1. The minimum Gasteiger partial charge on any atom is -0.496 e. The summed E-state index contributed by atoms with van der Waals surface area (Å²) in [4.78, 5) is 0. The first-order valence-corrected chi connectivity index (χ1v) is 4.89. The third-order valence-electron chi connectivity index (χ3n) is 2.32. The number of nitrogens with two attached hydrogens (primary N) is 1. The predicted octanol–water partition coefficient (Wildman–Crippen LogP) is 2.95. The molecule has 0 spiro atoms. The lowest BCUT2D eigenvalue weighted by Gasteiger charge is -2.10. The van der Waals surface area contributed by atoms with E-state index in [0.717, 1.165) is 12.1 Å². The maximum absolute atomic E-state index is 12.6. The van der Waals surface area contributed by atoms with Crippen LogP contribution in [0.1, 0.15) is 5.56 Å². The lowest BCUT2D eigenvalue weighted by molar-refractivity contribution is -0.137. The zero-order valence-corrected chi connectivity index (χ0v) is 9.28. The topological polar surface area (TPSA) is 61.3 Å². The van der Waals surface area contributed by atoms with Crippen molar-refractivity contribution in [2.24, 2.45) is 0 Å². The molecule has 1 aromatic heterocycles. The van der Waals surface area contributed by atoms with Crippen molar-refractivity contribution in [1.82, 2.24) is 5.16 Å². The fourth-order valence-electron chi connectivity index (χ4n) is 1.49.